The summed E-state index contributed by atoms with van der Waals surface area (Å²) in [5, 5.41) is 0. The quantitative estimate of drug-likeness (QED) is 0.0968. The summed E-state index contributed by atoms with van der Waals surface area (Å²) in [6, 6.07) is 44.3. The van der Waals surface area contributed by atoms with Crippen LogP contribution >= 0.6 is 0 Å². The van der Waals surface area contributed by atoms with E-state index in [9.17, 15) is 0 Å². The molecule has 0 fully saturated rings. The van der Waals surface area contributed by atoms with Crippen molar-refractivity contribution in [3.05, 3.63) is 168 Å². The monoisotopic (exact) mass is 536 g/mol. The predicted octanol–water partition coefficient (Wildman–Crippen LogP) is 6.86. The number of imidazole rings is 1. The largest absolute Gasteiger partial charge is 0.346 e. The van der Waals surface area contributed by atoms with Gasteiger partial charge >= 0.3 is 0 Å². The first-order valence-corrected chi connectivity index (χ1v) is 16.3. The molecule has 0 atom stereocenters. The Kier molecular flexibility index (Phi) is 9.80. The van der Waals surface area contributed by atoms with E-state index < -0.39 is 0 Å². The fourth-order valence-electron chi connectivity index (χ4n) is 5.30. The highest BCUT2D eigenvalue weighted by Crippen LogP contribution is 2.29. The predicted molar refractivity (Wildman–Crippen MR) is 176 cm³/mol. The van der Waals surface area contributed by atoms with Gasteiger partial charge in [0.15, 0.2) is 0 Å². The number of aromatic nitrogens is 2. The molecular formula is C36H37BN2Si. The SMILES string of the molecule is CC(=CCC(c1ccccc1)c1ccccc1)C[SiH2]Cn1ccnc1BC(=Cc1ccccc1)c1ccccc1. The van der Waals surface area contributed by atoms with Crippen LogP contribution in [0.1, 0.15) is 41.5 Å². The Labute approximate surface area is 242 Å². The van der Waals surface area contributed by atoms with Crippen molar-refractivity contribution in [2.75, 3.05) is 0 Å². The minimum atomic E-state index is -0.315. The van der Waals surface area contributed by atoms with E-state index in [0.29, 0.717) is 5.92 Å². The molecule has 0 bridgehead atoms. The van der Waals surface area contributed by atoms with Gasteiger partial charge in [-0.1, -0.05) is 145 Å². The molecule has 2 nitrogen and oxygen atoms in total. The highest BCUT2D eigenvalue weighted by molar-refractivity contribution is 6.73. The van der Waals surface area contributed by atoms with Crippen molar-refractivity contribution < 1.29 is 0 Å². The lowest BCUT2D eigenvalue weighted by Gasteiger charge is -2.17. The summed E-state index contributed by atoms with van der Waals surface area (Å²) in [7, 11) is 0.509. The lowest BCUT2D eigenvalue weighted by molar-refractivity contribution is 0.823. The molecule has 5 aromatic rings. The highest BCUT2D eigenvalue weighted by atomic mass is 28.2. The van der Waals surface area contributed by atoms with Crippen LogP contribution in [0.2, 0.25) is 6.04 Å². The Morgan fingerprint density at radius 3 is 2.00 bits per heavy atom. The Hall–Kier alpha value is -4.15. The van der Waals surface area contributed by atoms with Gasteiger partial charge in [0.1, 0.15) is 0 Å². The Balaban J connectivity index is 1.23. The number of nitrogens with zero attached hydrogens (tertiary/aromatic N) is 2. The third-order valence-electron chi connectivity index (χ3n) is 7.51. The lowest BCUT2D eigenvalue weighted by Crippen LogP contribution is -2.29. The van der Waals surface area contributed by atoms with Crippen LogP contribution in [0.5, 0.6) is 0 Å². The molecule has 4 aromatic carbocycles. The second kappa shape index (κ2) is 14.3. The van der Waals surface area contributed by atoms with Gasteiger partial charge in [-0.3, -0.25) is 4.98 Å². The summed E-state index contributed by atoms with van der Waals surface area (Å²) in [5.74, 6) is 0.395. The van der Waals surface area contributed by atoms with Crippen molar-refractivity contribution in [3.8, 4) is 0 Å². The number of hydrogen-bond acceptors (Lipinski definition) is 1. The molecule has 0 N–H and O–H groups in total. The van der Waals surface area contributed by atoms with Gasteiger partial charge in [0, 0.05) is 34.0 Å². The van der Waals surface area contributed by atoms with Gasteiger partial charge in [-0.25, -0.2) is 0 Å². The molecule has 0 aliphatic heterocycles. The van der Waals surface area contributed by atoms with Crippen molar-refractivity contribution in [2.45, 2.75) is 31.5 Å². The summed E-state index contributed by atoms with van der Waals surface area (Å²) < 4.78 is 2.39. The molecule has 0 radical (unpaired) electrons. The van der Waals surface area contributed by atoms with Gasteiger partial charge in [-0.05, 0) is 41.6 Å². The van der Waals surface area contributed by atoms with E-state index in [1.807, 2.05) is 6.20 Å². The molecular weight excluding hydrogens is 499 g/mol. The van der Waals surface area contributed by atoms with Crippen molar-refractivity contribution in [3.63, 3.8) is 0 Å². The van der Waals surface area contributed by atoms with E-state index in [-0.39, 0.29) is 9.52 Å². The molecule has 198 valence electrons. The molecule has 40 heavy (non-hydrogen) atoms. The third kappa shape index (κ3) is 7.71. The standard InChI is InChI=1S/C36H37BN2Si/c1-29(22-23-34(31-16-8-3-9-17-31)32-18-10-4-11-19-32)27-40-28-39-25-24-38-36(39)37-35(33-20-12-5-13-21-33)26-30-14-6-2-7-15-30/h2-22,24-26,34,37H,23,27-28,40H2,1H3. The van der Waals surface area contributed by atoms with Gasteiger partial charge in [0.05, 0.1) is 5.72 Å². The minimum Gasteiger partial charge on any atom is -0.346 e. The maximum Gasteiger partial charge on any atom is 0.239 e. The van der Waals surface area contributed by atoms with Crippen LogP contribution in [-0.2, 0) is 6.17 Å². The maximum absolute atomic E-state index is 4.78. The first kappa shape index (κ1) is 27.4. The van der Waals surface area contributed by atoms with E-state index in [0.717, 1.165) is 25.6 Å². The van der Waals surface area contributed by atoms with E-state index in [1.54, 1.807) is 0 Å². The van der Waals surface area contributed by atoms with E-state index in [4.69, 9.17) is 4.98 Å². The molecule has 4 heteroatoms. The first-order valence-electron chi connectivity index (χ1n) is 14.3. The normalized spacial score (nSPS) is 12.3. The zero-order chi connectivity index (χ0) is 27.4. The topological polar surface area (TPSA) is 17.8 Å². The second-order valence-electron chi connectivity index (χ2n) is 10.4. The Morgan fingerprint density at radius 2 is 1.38 bits per heavy atom. The van der Waals surface area contributed by atoms with Crippen LogP contribution in [0.25, 0.3) is 11.5 Å². The number of hydrogen-bond donors (Lipinski definition) is 0. The lowest BCUT2D eigenvalue weighted by atomic mass is 9.65. The van der Waals surface area contributed by atoms with Gasteiger partial charge in [0.2, 0.25) is 7.28 Å². The van der Waals surface area contributed by atoms with E-state index >= 15 is 0 Å². The minimum absolute atomic E-state index is 0.315. The number of allylic oxidation sites excluding steroid dienone is 2. The van der Waals surface area contributed by atoms with E-state index in [1.165, 1.54) is 39.3 Å². The van der Waals surface area contributed by atoms with Crippen molar-refractivity contribution in [1.82, 2.24) is 9.55 Å². The zero-order valence-corrected chi connectivity index (χ0v) is 24.8. The van der Waals surface area contributed by atoms with E-state index in [2.05, 4.69) is 151 Å². The van der Waals surface area contributed by atoms with Gasteiger partial charge in [-0.15, -0.1) is 0 Å². The summed E-state index contributed by atoms with van der Waals surface area (Å²) >= 11 is 0. The van der Waals surface area contributed by atoms with Crippen LogP contribution in [-0.4, -0.2) is 26.4 Å². The summed E-state index contributed by atoms with van der Waals surface area (Å²) in [6.45, 7) is 2.31. The Morgan fingerprint density at radius 1 is 0.800 bits per heavy atom. The molecule has 0 aliphatic rings. The molecule has 0 amide bonds. The van der Waals surface area contributed by atoms with Crippen LogP contribution in [0.15, 0.2) is 145 Å². The van der Waals surface area contributed by atoms with Crippen LogP contribution in [0, 0.1) is 0 Å². The van der Waals surface area contributed by atoms with Crippen LogP contribution in [0.4, 0.5) is 0 Å². The third-order valence-corrected chi connectivity index (χ3v) is 9.45. The first-order chi connectivity index (χ1) is 19.8. The summed E-state index contributed by atoms with van der Waals surface area (Å²) in [6.07, 6.45) is 11.0. The van der Waals surface area contributed by atoms with Crippen molar-refractivity contribution >= 4 is 34.1 Å². The van der Waals surface area contributed by atoms with Gasteiger partial charge < -0.3 is 4.57 Å². The second-order valence-corrected chi connectivity index (χ2v) is 12.1. The zero-order valence-electron chi connectivity index (χ0n) is 23.4. The van der Waals surface area contributed by atoms with Crippen molar-refractivity contribution in [2.24, 2.45) is 0 Å². The summed E-state index contributed by atoms with van der Waals surface area (Å²) in [4.78, 5) is 4.78. The number of rotatable bonds is 12. The summed E-state index contributed by atoms with van der Waals surface area (Å²) in [5.41, 5.74) is 9.20. The maximum atomic E-state index is 4.78. The Bertz CT molecular complexity index is 1470. The highest BCUT2D eigenvalue weighted by Gasteiger charge is 2.13. The number of benzene rings is 4. The molecule has 0 saturated heterocycles. The smallest absolute Gasteiger partial charge is 0.239 e. The molecule has 5 rings (SSSR count). The molecule has 1 heterocycles. The van der Waals surface area contributed by atoms with Crippen LogP contribution in [0.3, 0.4) is 0 Å². The van der Waals surface area contributed by atoms with Gasteiger partial charge in [-0.2, -0.15) is 0 Å². The fraction of sp³-hybridized carbons (Fsp3) is 0.139. The molecule has 0 aliphatic carbocycles. The van der Waals surface area contributed by atoms with Crippen LogP contribution < -0.4 is 5.72 Å². The molecule has 0 unspecified atom stereocenters. The molecule has 0 spiro atoms. The molecule has 1 aromatic heterocycles. The average molecular weight is 537 g/mol. The van der Waals surface area contributed by atoms with Gasteiger partial charge in [0.25, 0.3) is 0 Å². The van der Waals surface area contributed by atoms with Crippen molar-refractivity contribution in [1.29, 1.82) is 0 Å². The fourth-order valence-corrected chi connectivity index (χ4v) is 6.97. The molecule has 0 saturated carbocycles. The average Bonchev–Trinajstić information content (AvgIpc) is 3.45.